The van der Waals surface area contributed by atoms with Crippen LogP contribution in [0.5, 0.6) is 0 Å². The maximum absolute atomic E-state index is 11.9. The van der Waals surface area contributed by atoms with E-state index >= 15 is 0 Å². The Morgan fingerprint density at radius 2 is 2.31 bits per heavy atom. The summed E-state index contributed by atoms with van der Waals surface area (Å²) in [6.07, 6.45) is 2.22. The lowest BCUT2D eigenvalue weighted by atomic mass is 10.3. The van der Waals surface area contributed by atoms with Crippen LogP contribution in [0, 0.1) is 0 Å². The molecule has 0 aliphatic heterocycles. The molecule has 13 heavy (non-hydrogen) atoms. The van der Waals surface area contributed by atoms with Gasteiger partial charge in [-0.3, -0.25) is 4.39 Å². The summed E-state index contributed by atoms with van der Waals surface area (Å²) in [6.45, 7) is 0.408. The van der Waals surface area contributed by atoms with Crippen LogP contribution in [0.15, 0.2) is 18.3 Å². The van der Waals surface area contributed by atoms with E-state index < -0.39 is 0 Å². The van der Waals surface area contributed by atoms with E-state index in [1.807, 2.05) is 18.0 Å². The zero-order valence-electron chi connectivity index (χ0n) is 7.50. The van der Waals surface area contributed by atoms with E-state index in [9.17, 15) is 4.39 Å². The Balaban J connectivity index is 2.55. The first-order chi connectivity index (χ1) is 6.24. The van der Waals surface area contributed by atoms with Crippen LogP contribution in [0.2, 0.25) is 5.15 Å². The highest BCUT2D eigenvalue weighted by Crippen LogP contribution is 2.13. The van der Waals surface area contributed by atoms with Gasteiger partial charge in [-0.05, 0) is 18.6 Å². The van der Waals surface area contributed by atoms with Gasteiger partial charge >= 0.3 is 0 Å². The van der Waals surface area contributed by atoms with Crippen LogP contribution in [-0.2, 0) is 0 Å². The highest BCUT2D eigenvalue weighted by molar-refractivity contribution is 6.29. The molecule has 1 aromatic heterocycles. The lowest BCUT2D eigenvalue weighted by Crippen LogP contribution is -2.18. The molecule has 0 N–H and O–H groups in total. The molecule has 0 atom stereocenters. The van der Waals surface area contributed by atoms with Gasteiger partial charge in [-0.1, -0.05) is 11.6 Å². The first-order valence-corrected chi connectivity index (χ1v) is 4.50. The maximum atomic E-state index is 11.9. The summed E-state index contributed by atoms with van der Waals surface area (Å²) in [5.74, 6) is 0. The van der Waals surface area contributed by atoms with Crippen molar-refractivity contribution in [1.29, 1.82) is 0 Å². The van der Waals surface area contributed by atoms with Crippen molar-refractivity contribution in [2.45, 2.75) is 6.42 Å². The molecule has 0 fully saturated rings. The predicted octanol–water partition coefficient (Wildman–Crippen LogP) is 2.53. The zero-order chi connectivity index (χ0) is 9.68. The second-order valence-corrected chi connectivity index (χ2v) is 3.19. The number of pyridine rings is 1. The number of rotatable bonds is 4. The number of alkyl halides is 1. The van der Waals surface area contributed by atoms with E-state index in [2.05, 4.69) is 4.98 Å². The average Bonchev–Trinajstić information content (AvgIpc) is 2.15. The maximum Gasteiger partial charge on any atom is 0.129 e. The number of aromatic nitrogens is 1. The summed E-state index contributed by atoms with van der Waals surface area (Å²) in [5.41, 5.74) is 0.956. The molecule has 0 radical (unpaired) electrons. The Hall–Kier alpha value is -0.830. The van der Waals surface area contributed by atoms with E-state index in [-0.39, 0.29) is 6.67 Å². The molecule has 0 saturated carbocycles. The highest BCUT2D eigenvalue weighted by Gasteiger charge is 2.00. The van der Waals surface area contributed by atoms with Crippen molar-refractivity contribution in [2.75, 3.05) is 25.2 Å². The summed E-state index contributed by atoms with van der Waals surface area (Å²) in [6, 6.07) is 3.59. The SMILES string of the molecule is CN(CCCF)c1ccc(Cl)nc1. The summed E-state index contributed by atoms with van der Waals surface area (Å²) in [7, 11) is 1.90. The second kappa shape index (κ2) is 5.02. The molecule has 0 unspecified atom stereocenters. The normalized spacial score (nSPS) is 10.1. The van der Waals surface area contributed by atoms with Crippen molar-refractivity contribution >= 4 is 17.3 Å². The van der Waals surface area contributed by atoms with Gasteiger partial charge in [0.2, 0.25) is 0 Å². The third-order valence-corrected chi connectivity index (χ3v) is 2.00. The van der Waals surface area contributed by atoms with E-state index in [0.717, 1.165) is 5.69 Å². The fraction of sp³-hybridized carbons (Fsp3) is 0.444. The average molecular weight is 203 g/mol. The van der Waals surface area contributed by atoms with E-state index in [1.54, 1.807) is 12.3 Å². The molecule has 1 heterocycles. The molecule has 1 aromatic rings. The zero-order valence-corrected chi connectivity index (χ0v) is 8.26. The summed E-state index contributed by atoms with van der Waals surface area (Å²) >= 11 is 5.63. The van der Waals surface area contributed by atoms with Crippen molar-refractivity contribution in [3.05, 3.63) is 23.5 Å². The number of hydrogen-bond acceptors (Lipinski definition) is 2. The second-order valence-electron chi connectivity index (χ2n) is 2.80. The van der Waals surface area contributed by atoms with E-state index in [4.69, 9.17) is 11.6 Å². The van der Waals surface area contributed by atoms with Gasteiger partial charge in [0.1, 0.15) is 5.15 Å². The van der Waals surface area contributed by atoms with Crippen molar-refractivity contribution in [3.63, 3.8) is 0 Å². The number of anilines is 1. The van der Waals surface area contributed by atoms with Gasteiger partial charge in [-0.25, -0.2) is 4.98 Å². The first kappa shape index (κ1) is 10.3. The fourth-order valence-corrected chi connectivity index (χ4v) is 1.13. The van der Waals surface area contributed by atoms with Crippen LogP contribution in [0.3, 0.4) is 0 Å². The third-order valence-electron chi connectivity index (χ3n) is 1.78. The van der Waals surface area contributed by atoms with Crippen LogP contribution < -0.4 is 4.90 Å². The number of nitrogens with zero attached hydrogens (tertiary/aromatic N) is 2. The van der Waals surface area contributed by atoms with E-state index in [1.165, 1.54) is 0 Å². The Morgan fingerprint density at radius 1 is 1.54 bits per heavy atom. The predicted molar refractivity (Wildman–Crippen MR) is 53.1 cm³/mol. The smallest absolute Gasteiger partial charge is 0.129 e. The quantitative estimate of drug-likeness (QED) is 0.698. The van der Waals surface area contributed by atoms with Crippen LogP contribution in [0.1, 0.15) is 6.42 Å². The molecule has 72 valence electrons. The van der Waals surface area contributed by atoms with Crippen LogP contribution in [0.4, 0.5) is 10.1 Å². The largest absolute Gasteiger partial charge is 0.373 e. The monoisotopic (exact) mass is 202 g/mol. The summed E-state index contributed by atoms with van der Waals surface area (Å²) in [4.78, 5) is 5.89. The minimum absolute atomic E-state index is 0.286. The lowest BCUT2D eigenvalue weighted by molar-refractivity contribution is 0.474. The van der Waals surface area contributed by atoms with Gasteiger partial charge in [-0.15, -0.1) is 0 Å². The van der Waals surface area contributed by atoms with Crippen LogP contribution in [0.25, 0.3) is 0 Å². The molecule has 1 rings (SSSR count). The van der Waals surface area contributed by atoms with Crippen molar-refractivity contribution in [3.8, 4) is 0 Å². The topological polar surface area (TPSA) is 16.1 Å². The first-order valence-electron chi connectivity index (χ1n) is 4.12. The highest BCUT2D eigenvalue weighted by atomic mass is 35.5. The van der Waals surface area contributed by atoms with Crippen molar-refractivity contribution < 1.29 is 4.39 Å². The van der Waals surface area contributed by atoms with E-state index in [0.29, 0.717) is 18.1 Å². The molecule has 0 bridgehead atoms. The molecule has 0 amide bonds. The van der Waals surface area contributed by atoms with Gasteiger partial charge in [0.05, 0.1) is 18.6 Å². The molecule has 2 nitrogen and oxygen atoms in total. The van der Waals surface area contributed by atoms with Crippen LogP contribution >= 0.6 is 11.6 Å². The van der Waals surface area contributed by atoms with Gasteiger partial charge < -0.3 is 4.90 Å². The summed E-state index contributed by atoms with van der Waals surface area (Å²) in [5, 5.41) is 0.475. The molecule has 4 heteroatoms. The van der Waals surface area contributed by atoms with Gasteiger partial charge in [0.15, 0.2) is 0 Å². The molecular weight excluding hydrogens is 191 g/mol. The lowest BCUT2D eigenvalue weighted by Gasteiger charge is -2.17. The Bertz CT molecular complexity index is 250. The fourth-order valence-electron chi connectivity index (χ4n) is 1.02. The van der Waals surface area contributed by atoms with Gasteiger partial charge in [0, 0.05) is 13.6 Å². The van der Waals surface area contributed by atoms with Gasteiger partial charge in [-0.2, -0.15) is 0 Å². The molecule has 0 spiro atoms. The summed E-state index contributed by atoms with van der Waals surface area (Å²) < 4.78 is 11.9. The molecule has 0 aromatic carbocycles. The molecule has 0 aliphatic rings. The molecule has 0 aliphatic carbocycles. The Labute approximate surface area is 82.3 Å². The standard InChI is InChI=1S/C9H12ClFN2/c1-13(6-2-5-11)8-3-4-9(10)12-7-8/h3-4,7H,2,5-6H2,1H3. The van der Waals surface area contributed by atoms with Crippen molar-refractivity contribution in [2.24, 2.45) is 0 Å². The Morgan fingerprint density at radius 3 is 2.85 bits per heavy atom. The minimum atomic E-state index is -0.286. The van der Waals surface area contributed by atoms with Gasteiger partial charge in [0.25, 0.3) is 0 Å². The molecule has 0 saturated heterocycles. The third kappa shape index (κ3) is 3.19. The minimum Gasteiger partial charge on any atom is -0.373 e. The van der Waals surface area contributed by atoms with Crippen LogP contribution in [-0.4, -0.2) is 25.3 Å². The number of hydrogen-bond donors (Lipinski definition) is 0. The van der Waals surface area contributed by atoms with Crippen molar-refractivity contribution in [1.82, 2.24) is 4.98 Å². The Kier molecular flexibility index (Phi) is 3.96. The number of halogens is 2. The molecular formula is C9H12ClFN2.